The van der Waals surface area contributed by atoms with Gasteiger partial charge in [-0.1, -0.05) is 56.3 Å². The SMILES string of the molecule is C=CCOc1ccc(NC(=S)NCC(CC)Cc2ccccc2)cc1. The molecule has 25 heavy (non-hydrogen) atoms. The molecular formula is C21H26N2OS. The highest BCUT2D eigenvalue weighted by Crippen LogP contribution is 2.16. The zero-order chi connectivity index (χ0) is 17.9. The lowest BCUT2D eigenvalue weighted by molar-refractivity contribution is 0.363. The Hall–Kier alpha value is -2.33. The molecular weight excluding hydrogens is 328 g/mol. The van der Waals surface area contributed by atoms with Gasteiger partial charge in [-0.2, -0.15) is 0 Å². The average molecular weight is 355 g/mol. The van der Waals surface area contributed by atoms with Crippen LogP contribution in [0.15, 0.2) is 67.3 Å². The molecule has 0 aliphatic heterocycles. The lowest BCUT2D eigenvalue weighted by atomic mass is 9.97. The first kappa shape index (κ1) is 19.0. The normalized spacial score (nSPS) is 11.4. The summed E-state index contributed by atoms with van der Waals surface area (Å²) in [7, 11) is 0. The molecule has 0 heterocycles. The van der Waals surface area contributed by atoms with Gasteiger partial charge < -0.3 is 15.4 Å². The molecule has 0 amide bonds. The van der Waals surface area contributed by atoms with E-state index in [9.17, 15) is 0 Å². The van der Waals surface area contributed by atoms with E-state index in [1.807, 2.05) is 24.3 Å². The molecule has 2 N–H and O–H groups in total. The number of anilines is 1. The van der Waals surface area contributed by atoms with Gasteiger partial charge in [-0.15, -0.1) is 0 Å². The molecule has 0 fully saturated rings. The van der Waals surface area contributed by atoms with E-state index >= 15 is 0 Å². The van der Waals surface area contributed by atoms with Crippen molar-refractivity contribution in [2.45, 2.75) is 19.8 Å². The second-order valence-corrected chi connectivity index (χ2v) is 6.33. The minimum atomic E-state index is 0.507. The van der Waals surface area contributed by atoms with Crippen LogP contribution in [-0.2, 0) is 6.42 Å². The molecule has 132 valence electrons. The number of thiocarbonyl (C=S) groups is 1. The van der Waals surface area contributed by atoms with Crippen LogP contribution in [0.25, 0.3) is 0 Å². The molecule has 0 radical (unpaired) electrons. The van der Waals surface area contributed by atoms with Gasteiger partial charge in [-0.25, -0.2) is 0 Å². The first-order chi connectivity index (χ1) is 12.2. The fraction of sp³-hybridized carbons (Fsp3) is 0.286. The molecule has 1 unspecified atom stereocenters. The van der Waals surface area contributed by atoms with Gasteiger partial charge in [0.25, 0.3) is 0 Å². The van der Waals surface area contributed by atoms with E-state index in [2.05, 4.69) is 54.5 Å². The number of ether oxygens (including phenoxy) is 1. The standard InChI is InChI=1S/C21H26N2OS/c1-3-14-24-20-12-10-19(11-13-20)23-21(25)22-16-17(4-2)15-18-8-6-5-7-9-18/h3,5-13,17H,1,4,14-16H2,2H3,(H2,22,23,25). The van der Waals surface area contributed by atoms with Crippen molar-refractivity contribution in [3.05, 3.63) is 72.8 Å². The molecule has 2 aromatic rings. The molecule has 3 nitrogen and oxygen atoms in total. The van der Waals surface area contributed by atoms with Crippen LogP contribution in [0.1, 0.15) is 18.9 Å². The van der Waals surface area contributed by atoms with Crippen molar-refractivity contribution in [2.24, 2.45) is 5.92 Å². The summed E-state index contributed by atoms with van der Waals surface area (Å²) in [4.78, 5) is 0. The highest BCUT2D eigenvalue weighted by atomic mass is 32.1. The fourth-order valence-electron chi connectivity index (χ4n) is 2.51. The van der Waals surface area contributed by atoms with E-state index in [0.717, 1.165) is 30.8 Å². The third-order valence-corrected chi connectivity index (χ3v) is 4.22. The van der Waals surface area contributed by atoms with Gasteiger partial charge in [0, 0.05) is 12.2 Å². The summed E-state index contributed by atoms with van der Waals surface area (Å²) in [5, 5.41) is 7.18. The highest BCUT2D eigenvalue weighted by molar-refractivity contribution is 7.80. The van der Waals surface area contributed by atoms with Crippen molar-refractivity contribution in [3.63, 3.8) is 0 Å². The fourth-order valence-corrected chi connectivity index (χ4v) is 2.71. The van der Waals surface area contributed by atoms with Crippen molar-refractivity contribution in [2.75, 3.05) is 18.5 Å². The van der Waals surface area contributed by atoms with Gasteiger partial charge in [0.2, 0.25) is 0 Å². The molecule has 0 aromatic heterocycles. The lowest BCUT2D eigenvalue weighted by Gasteiger charge is -2.18. The van der Waals surface area contributed by atoms with Crippen LogP contribution in [0.3, 0.4) is 0 Å². The predicted molar refractivity (Wildman–Crippen MR) is 110 cm³/mol. The van der Waals surface area contributed by atoms with Crippen LogP contribution in [0, 0.1) is 5.92 Å². The maximum Gasteiger partial charge on any atom is 0.170 e. The molecule has 0 saturated carbocycles. The second kappa shape index (κ2) is 10.5. The van der Waals surface area contributed by atoms with Crippen LogP contribution < -0.4 is 15.4 Å². The van der Waals surface area contributed by atoms with Crippen molar-refractivity contribution in [3.8, 4) is 5.75 Å². The number of benzene rings is 2. The van der Waals surface area contributed by atoms with Crippen molar-refractivity contribution < 1.29 is 4.74 Å². The lowest BCUT2D eigenvalue weighted by Crippen LogP contribution is -2.33. The summed E-state index contributed by atoms with van der Waals surface area (Å²) in [5.74, 6) is 1.37. The van der Waals surface area contributed by atoms with Crippen LogP contribution in [0.5, 0.6) is 5.75 Å². The van der Waals surface area contributed by atoms with E-state index < -0.39 is 0 Å². The Morgan fingerprint density at radius 2 is 1.88 bits per heavy atom. The molecule has 0 aliphatic carbocycles. The largest absolute Gasteiger partial charge is 0.490 e. The van der Waals surface area contributed by atoms with Crippen LogP contribution >= 0.6 is 12.2 Å². The van der Waals surface area contributed by atoms with E-state index in [0.29, 0.717) is 17.6 Å². The molecule has 1 atom stereocenters. The average Bonchev–Trinajstić information content (AvgIpc) is 2.65. The maximum absolute atomic E-state index is 5.47. The summed E-state index contributed by atoms with van der Waals surface area (Å²) < 4.78 is 5.47. The molecule has 0 aliphatic rings. The van der Waals surface area contributed by atoms with Gasteiger partial charge in [-0.05, 0) is 54.4 Å². The summed E-state index contributed by atoms with van der Waals surface area (Å²) in [6, 6.07) is 18.3. The Kier molecular flexibility index (Phi) is 7.99. The minimum absolute atomic E-state index is 0.507. The summed E-state index contributed by atoms with van der Waals surface area (Å²) in [5.41, 5.74) is 2.31. The number of rotatable bonds is 9. The zero-order valence-electron chi connectivity index (χ0n) is 14.7. The molecule has 0 saturated heterocycles. The number of hydrogen-bond acceptors (Lipinski definition) is 2. The van der Waals surface area contributed by atoms with E-state index in [1.54, 1.807) is 6.08 Å². The van der Waals surface area contributed by atoms with E-state index in [4.69, 9.17) is 17.0 Å². The Bertz CT molecular complexity index is 655. The quantitative estimate of drug-likeness (QED) is 0.500. The van der Waals surface area contributed by atoms with E-state index in [-0.39, 0.29) is 0 Å². The topological polar surface area (TPSA) is 33.3 Å². The maximum atomic E-state index is 5.47. The number of nitrogens with one attached hydrogen (secondary N) is 2. The Morgan fingerprint density at radius 3 is 2.52 bits per heavy atom. The third kappa shape index (κ3) is 6.98. The van der Waals surface area contributed by atoms with Gasteiger partial charge in [0.15, 0.2) is 5.11 Å². The van der Waals surface area contributed by atoms with Crippen molar-refractivity contribution >= 4 is 23.0 Å². The molecule has 4 heteroatoms. The molecule has 0 spiro atoms. The van der Waals surface area contributed by atoms with E-state index in [1.165, 1.54) is 5.56 Å². The van der Waals surface area contributed by atoms with Crippen LogP contribution in [-0.4, -0.2) is 18.3 Å². The second-order valence-electron chi connectivity index (χ2n) is 5.92. The molecule has 0 bridgehead atoms. The van der Waals surface area contributed by atoms with Crippen LogP contribution in [0.4, 0.5) is 5.69 Å². The Labute approximate surface area is 156 Å². The summed E-state index contributed by atoms with van der Waals surface area (Å²) >= 11 is 5.40. The zero-order valence-corrected chi connectivity index (χ0v) is 15.5. The van der Waals surface area contributed by atoms with Crippen LogP contribution in [0.2, 0.25) is 0 Å². The summed E-state index contributed by atoms with van der Waals surface area (Å²) in [6.07, 6.45) is 3.90. The van der Waals surface area contributed by atoms with Crippen molar-refractivity contribution in [1.29, 1.82) is 0 Å². The minimum Gasteiger partial charge on any atom is -0.490 e. The smallest absolute Gasteiger partial charge is 0.170 e. The number of hydrogen-bond donors (Lipinski definition) is 2. The third-order valence-electron chi connectivity index (χ3n) is 3.98. The summed E-state index contributed by atoms with van der Waals surface area (Å²) in [6.45, 7) is 7.22. The highest BCUT2D eigenvalue weighted by Gasteiger charge is 2.08. The van der Waals surface area contributed by atoms with Gasteiger partial charge >= 0.3 is 0 Å². The first-order valence-corrected chi connectivity index (χ1v) is 9.04. The van der Waals surface area contributed by atoms with Gasteiger partial charge in [-0.3, -0.25) is 0 Å². The Balaban J connectivity index is 1.78. The van der Waals surface area contributed by atoms with Gasteiger partial charge in [0.05, 0.1) is 0 Å². The predicted octanol–water partition coefficient (Wildman–Crippen LogP) is 4.81. The molecule has 2 rings (SSSR count). The van der Waals surface area contributed by atoms with Gasteiger partial charge in [0.1, 0.15) is 12.4 Å². The molecule has 2 aromatic carbocycles. The Morgan fingerprint density at radius 1 is 1.16 bits per heavy atom. The first-order valence-electron chi connectivity index (χ1n) is 8.63. The van der Waals surface area contributed by atoms with Crippen molar-refractivity contribution in [1.82, 2.24) is 5.32 Å². The monoisotopic (exact) mass is 354 g/mol.